The first-order valence-corrected chi connectivity index (χ1v) is 7.58. The number of ketones is 1. The number of anilines is 1. The van der Waals surface area contributed by atoms with Crippen molar-refractivity contribution in [2.24, 2.45) is 0 Å². The monoisotopic (exact) mass is 327 g/mol. The molecule has 3 rings (SSSR count). The smallest absolute Gasteiger partial charge is 0.137 e. The van der Waals surface area contributed by atoms with E-state index in [2.05, 4.69) is 26.9 Å². The first kappa shape index (κ1) is 12.5. The van der Waals surface area contributed by atoms with E-state index in [-0.39, 0.29) is 0 Å². The molecule has 1 aromatic carbocycles. The number of Topliss-reactive ketones (excluding diaryl/α,β-unsaturated/α-hetero) is 1. The highest BCUT2D eigenvalue weighted by molar-refractivity contribution is 9.10. The molecule has 2 atom stereocenters. The van der Waals surface area contributed by atoms with Gasteiger partial charge in [0, 0.05) is 24.9 Å². The maximum Gasteiger partial charge on any atom is 0.137 e. The molecule has 0 aliphatic carbocycles. The van der Waals surface area contributed by atoms with Crippen LogP contribution in [0.15, 0.2) is 22.7 Å². The first-order chi connectivity index (χ1) is 8.66. The predicted octanol–water partition coefficient (Wildman–Crippen LogP) is 4.19. The second kappa shape index (κ2) is 4.86. The van der Waals surface area contributed by atoms with Crippen LogP contribution in [0.5, 0.6) is 0 Å². The average molecular weight is 329 g/mol. The molecule has 2 aliphatic heterocycles. The van der Waals surface area contributed by atoms with Gasteiger partial charge in [0.25, 0.3) is 0 Å². The Bertz CT molecular complexity index is 475. The van der Waals surface area contributed by atoms with Crippen molar-refractivity contribution in [2.45, 2.75) is 44.2 Å². The number of nitrogens with zero attached hydrogens (tertiary/aromatic N) is 1. The number of piperidine rings is 2. The Morgan fingerprint density at radius 1 is 1.22 bits per heavy atom. The van der Waals surface area contributed by atoms with Gasteiger partial charge in [-0.2, -0.15) is 0 Å². The zero-order chi connectivity index (χ0) is 12.7. The van der Waals surface area contributed by atoms with Gasteiger partial charge in [0.1, 0.15) is 5.78 Å². The quantitative estimate of drug-likeness (QED) is 0.770. The number of benzene rings is 1. The number of hydrogen-bond acceptors (Lipinski definition) is 2. The number of halogens is 2. The highest BCUT2D eigenvalue weighted by Crippen LogP contribution is 2.41. The molecule has 0 saturated carbocycles. The summed E-state index contributed by atoms with van der Waals surface area (Å²) >= 11 is 9.76. The molecular weight excluding hydrogens is 314 g/mol. The lowest BCUT2D eigenvalue weighted by molar-refractivity contribution is -0.121. The van der Waals surface area contributed by atoms with Crippen LogP contribution in [0.4, 0.5) is 5.69 Å². The second-order valence-electron chi connectivity index (χ2n) is 5.17. The van der Waals surface area contributed by atoms with Gasteiger partial charge in [-0.15, -0.1) is 0 Å². The lowest BCUT2D eigenvalue weighted by Gasteiger charge is -2.47. The molecule has 2 unspecified atom stereocenters. The van der Waals surface area contributed by atoms with Gasteiger partial charge < -0.3 is 4.90 Å². The average Bonchev–Trinajstić information content (AvgIpc) is 2.32. The van der Waals surface area contributed by atoms with Crippen LogP contribution in [0.25, 0.3) is 0 Å². The zero-order valence-corrected chi connectivity index (χ0v) is 12.4. The van der Waals surface area contributed by atoms with E-state index >= 15 is 0 Å². The summed E-state index contributed by atoms with van der Waals surface area (Å²) < 4.78 is 0.956. The van der Waals surface area contributed by atoms with Crippen molar-refractivity contribution >= 4 is 39.0 Å². The third-order valence-corrected chi connectivity index (χ3v) is 5.37. The molecule has 18 heavy (non-hydrogen) atoms. The van der Waals surface area contributed by atoms with E-state index in [9.17, 15) is 4.79 Å². The molecule has 2 fully saturated rings. The van der Waals surface area contributed by atoms with E-state index in [0.717, 1.165) is 28.0 Å². The summed E-state index contributed by atoms with van der Waals surface area (Å²) in [5, 5.41) is 0.738. The van der Waals surface area contributed by atoms with Gasteiger partial charge in [-0.05, 0) is 47.3 Å². The topological polar surface area (TPSA) is 20.3 Å². The van der Waals surface area contributed by atoms with Gasteiger partial charge in [0.2, 0.25) is 0 Å². The van der Waals surface area contributed by atoms with Crippen molar-refractivity contribution in [3.8, 4) is 0 Å². The largest absolute Gasteiger partial charge is 0.364 e. The van der Waals surface area contributed by atoms with Gasteiger partial charge in [-0.1, -0.05) is 17.7 Å². The number of rotatable bonds is 1. The molecule has 0 radical (unpaired) electrons. The summed E-state index contributed by atoms with van der Waals surface area (Å²) in [5.41, 5.74) is 1.14. The highest BCUT2D eigenvalue weighted by Gasteiger charge is 2.38. The minimum atomic E-state index is 0.361. The third-order valence-electron chi connectivity index (χ3n) is 4.00. The number of hydrogen-bond donors (Lipinski definition) is 0. The summed E-state index contributed by atoms with van der Waals surface area (Å²) in [6.07, 6.45) is 4.84. The molecule has 2 heterocycles. The zero-order valence-electron chi connectivity index (χ0n) is 10.0. The molecule has 96 valence electrons. The van der Waals surface area contributed by atoms with Crippen LogP contribution >= 0.6 is 27.5 Å². The fourth-order valence-corrected chi connectivity index (χ4v) is 3.90. The van der Waals surface area contributed by atoms with E-state index in [1.807, 2.05) is 12.1 Å². The second-order valence-corrected chi connectivity index (χ2v) is 6.37. The van der Waals surface area contributed by atoms with Crippen LogP contribution in [-0.4, -0.2) is 17.9 Å². The van der Waals surface area contributed by atoms with Gasteiger partial charge >= 0.3 is 0 Å². The Hall–Kier alpha value is -0.540. The van der Waals surface area contributed by atoms with Crippen LogP contribution < -0.4 is 4.90 Å². The van der Waals surface area contributed by atoms with Crippen molar-refractivity contribution in [3.63, 3.8) is 0 Å². The molecule has 2 bridgehead atoms. The maximum absolute atomic E-state index is 11.7. The highest BCUT2D eigenvalue weighted by atomic mass is 79.9. The maximum atomic E-state index is 11.7. The molecule has 2 aliphatic rings. The van der Waals surface area contributed by atoms with Crippen molar-refractivity contribution in [1.82, 2.24) is 0 Å². The van der Waals surface area contributed by atoms with Gasteiger partial charge in [-0.25, -0.2) is 0 Å². The molecule has 1 aromatic rings. The Labute approximate surface area is 120 Å². The molecule has 0 aromatic heterocycles. The molecule has 2 saturated heterocycles. The SMILES string of the molecule is O=C1CC2CCCC(C1)N2c1cccc(Cl)c1Br. The Morgan fingerprint density at radius 3 is 2.56 bits per heavy atom. The molecule has 2 nitrogen and oxygen atoms in total. The van der Waals surface area contributed by atoms with Crippen LogP contribution in [-0.2, 0) is 4.79 Å². The number of carbonyl (C=O) groups is 1. The fraction of sp³-hybridized carbons (Fsp3) is 0.500. The summed E-state index contributed by atoms with van der Waals surface area (Å²) in [5.74, 6) is 0.416. The van der Waals surface area contributed by atoms with Crippen LogP contribution in [0, 0.1) is 0 Å². The minimum Gasteiger partial charge on any atom is -0.364 e. The summed E-state index contributed by atoms with van der Waals surface area (Å²) in [6.45, 7) is 0. The molecule has 0 amide bonds. The molecule has 4 heteroatoms. The predicted molar refractivity (Wildman–Crippen MR) is 77.3 cm³/mol. The first-order valence-electron chi connectivity index (χ1n) is 6.41. The normalized spacial score (nSPS) is 27.4. The fourth-order valence-electron chi connectivity index (χ4n) is 3.26. The van der Waals surface area contributed by atoms with Gasteiger partial charge in [-0.3, -0.25) is 4.79 Å². The van der Waals surface area contributed by atoms with Crippen molar-refractivity contribution < 1.29 is 4.79 Å². The lowest BCUT2D eigenvalue weighted by atomic mass is 9.83. The third kappa shape index (κ3) is 2.08. The van der Waals surface area contributed by atoms with Crippen molar-refractivity contribution in [3.05, 3.63) is 27.7 Å². The van der Waals surface area contributed by atoms with E-state index in [1.54, 1.807) is 0 Å². The standard InChI is InChI=1S/C14H15BrClNO/c15-14-12(16)5-2-6-13(14)17-9-3-1-4-10(17)8-11(18)7-9/h2,5-6,9-10H,1,3-4,7-8H2. The molecule has 0 spiro atoms. The molecular formula is C14H15BrClNO. The Morgan fingerprint density at radius 2 is 1.89 bits per heavy atom. The van der Waals surface area contributed by atoms with Crippen molar-refractivity contribution in [1.29, 1.82) is 0 Å². The Kier molecular flexibility index (Phi) is 3.37. The molecule has 0 N–H and O–H groups in total. The van der Waals surface area contributed by atoms with Crippen LogP contribution in [0.3, 0.4) is 0 Å². The Balaban J connectivity index is 2.00. The van der Waals surface area contributed by atoms with E-state index in [4.69, 9.17) is 11.6 Å². The van der Waals surface area contributed by atoms with Crippen molar-refractivity contribution in [2.75, 3.05) is 4.90 Å². The summed E-state index contributed by atoms with van der Waals surface area (Å²) in [7, 11) is 0. The number of fused-ring (bicyclic) bond motifs is 2. The summed E-state index contributed by atoms with van der Waals surface area (Å²) in [4.78, 5) is 14.2. The van der Waals surface area contributed by atoms with E-state index < -0.39 is 0 Å². The van der Waals surface area contributed by atoms with Crippen LogP contribution in [0.2, 0.25) is 5.02 Å². The summed E-state index contributed by atoms with van der Waals surface area (Å²) in [6, 6.07) is 6.69. The van der Waals surface area contributed by atoms with Gasteiger partial charge in [0.05, 0.1) is 15.2 Å². The lowest BCUT2D eigenvalue weighted by Crippen LogP contribution is -2.52. The minimum absolute atomic E-state index is 0.361. The van der Waals surface area contributed by atoms with E-state index in [1.165, 1.54) is 6.42 Å². The van der Waals surface area contributed by atoms with E-state index in [0.29, 0.717) is 30.7 Å². The van der Waals surface area contributed by atoms with Gasteiger partial charge in [0.15, 0.2) is 0 Å². The van der Waals surface area contributed by atoms with Crippen LogP contribution in [0.1, 0.15) is 32.1 Å². The number of carbonyl (C=O) groups excluding carboxylic acids is 1.